The van der Waals surface area contributed by atoms with E-state index in [2.05, 4.69) is 4.37 Å². The number of likely N-dealkylation sites (tertiary alicyclic amines) is 1. The summed E-state index contributed by atoms with van der Waals surface area (Å²) in [5, 5.41) is 1.08. The van der Waals surface area contributed by atoms with Gasteiger partial charge in [0.05, 0.1) is 16.8 Å². The van der Waals surface area contributed by atoms with E-state index < -0.39 is 5.91 Å². The molecule has 3 aromatic rings. The highest BCUT2D eigenvalue weighted by atomic mass is 35.5. The summed E-state index contributed by atoms with van der Waals surface area (Å²) in [6.45, 7) is 1.03. The van der Waals surface area contributed by atoms with Crippen LogP contribution < -0.4 is 5.73 Å². The van der Waals surface area contributed by atoms with E-state index in [9.17, 15) is 9.59 Å². The lowest BCUT2D eigenvalue weighted by atomic mass is 9.89. The fourth-order valence-electron chi connectivity index (χ4n) is 3.54. The quantitative estimate of drug-likeness (QED) is 0.671. The summed E-state index contributed by atoms with van der Waals surface area (Å²) in [6.07, 6.45) is 1.35. The van der Waals surface area contributed by atoms with Gasteiger partial charge in [-0.05, 0) is 36.5 Å². The molecule has 1 aliphatic heterocycles. The standard InChI is InChI=1S/C19H16Cl2N4O2S/c20-14-16(24-28-17(14)21)19(27)25-7-5-10(6-8-25)15-12(18(22)26)9-11-3-1-2-4-13(11)23-15/h1-4,9-10H,5-8H2,(H2,22,26). The molecule has 0 saturated carbocycles. The maximum absolute atomic E-state index is 12.7. The molecule has 0 aliphatic carbocycles. The van der Waals surface area contributed by atoms with Gasteiger partial charge in [-0.25, -0.2) is 0 Å². The van der Waals surface area contributed by atoms with E-state index in [-0.39, 0.29) is 22.5 Å². The number of aromatic nitrogens is 2. The van der Waals surface area contributed by atoms with Crippen LogP contribution in [0.15, 0.2) is 30.3 Å². The highest BCUT2D eigenvalue weighted by molar-refractivity contribution is 7.11. The van der Waals surface area contributed by atoms with Crippen molar-refractivity contribution in [2.24, 2.45) is 5.73 Å². The topological polar surface area (TPSA) is 89.2 Å². The van der Waals surface area contributed by atoms with Gasteiger partial charge in [-0.3, -0.25) is 14.6 Å². The molecule has 1 aliphatic rings. The molecule has 2 aromatic heterocycles. The van der Waals surface area contributed by atoms with Crippen LogP contribution >= 0.6 is 34.7 Å². The van der Waals surface area contributed by atoms with Crippen LogP contribution in [0.3, 0.4) is 0 Å². The van der Waals surface area contributed by atoms with Gasteiger partial charge in [-0.1, -0.05) is 41.4 Å². The second-order valence-corrected chi connectivity index (χ2v) is 8.42. The summed E-state index contributed by atoms with van der Waals surface area (Å²) < 4.78 is 4.36. The average molecular weight is 435 g/mol. The minimum absolute atomic E-state index is 0.0469. The van der Waals surface area contributed by atoms with E-state index >= 15 is 0 Å². The summed E-state index contributed by atoms with van der Waals surface area (Å²) in [4.78, 5) is 31.1. The first-order chi connectivity index (χ1) is 13.5. The van der Waals surface area contributed by atoms with E-state index in [1.54, 1.807) is 11.0 Å². The van der Waals surface area contributed by atoms with Crippen LogP contribution in [0.25, 0.3) is 10.9 Å². The first-order valence-corrected chi connectivity index (χ1v) is 10.3. The molecule has 1 aromatic carbocycles. The average Bonchev–Trinajstić information content (AvgIpc) is 3.05. The molecule has 144 valence electrons. The van der Waals surface area contributed by atoms with Crippen LogP contribution in [0, 0.1) is 0 Å². The molecule has 6 nitrogen and oxygen atoms in total. The van der Waals surface area contributed by atoms with Crippen molar-refractivity contribution in [2.75, 3.05) is 13.1 Å². The summed E-state index contributed by atoms with van der Waals surface area (Å²) in [5.74, 6) is -0.672. The first-order valence-electron chi connectivity index (χ1n) is 8.75. The van der Waals surface area contributed by atoms with Crippen molar-refractivity contribution in [3.63, 3.8) is 0 Å². The molecule has 28 heavy (non-hydrogen) atoms. The molecule has 1 saturated heterocycles. The van der Waals surface area contributed by atoms with Crippen molar-refractivity contribution >= 4 is 57.5 Å². The van der Waals surface area contributed by atoms with E-state index in [0.29, 0.717) is 41.5 Å². The number of fused-ring (bicyclic) bond motifs is 1. The molecule has 0 atom stereocenters. The van der Waals surface area contributed by atoms with E-state index in [0.717, 1.165) is 22.4 Å². The van der Waals surface area contributed by atoms with Gasteiger partial charge in [0.25, 0.3) is 11.8 Å². The lowest BCUT2D eigenvalue weighted by molar-refractivity contribution is 0.0706. The monoisotopic (exact) mass is 434 g/mol. The molecule has 0 radical (unpaired) electrons. The number of carbonyl (C=O) groups excluding carboxylic acids is 2. The minimum Gasteiger partial charge on any atom is -0.366 e. The number of hydrogen-bond donors (Lipinski definition) is 1. The molecular formula is C19H16Cl2N4O2S. The summed E-state index contributed by atoms with van der Waals surface area (Å²) in [7, 11) is 0. The lowest BCUT2D eigenvalue weighted by Gasteiger charge is -2.32. The van der Waals surface area contributed by atoms with Gasteiger partial charge in [-0.15, -0.1) is 0 Å². The number of benzene rings is 1. The third-order valence-corrected chi connectivity index (χ3v) is 6.60. The number of halogens is 2. The Labute approximate surface area is 175 Å². The number of amides is 2. The Morgan fingerprint density at radius 1 is 1.18 bits per heavy atom. The zero-order valence-electron chi connectivity index (χ0n) is 14.7. The van der Waals surface area contributed by atoms with Crippen molar-refractivity contribution in [1.29, 1.82) is 0 Å². The van der Waals surface area contributed by atoms with Crippen molar-refractivity contribution in [2.45, 2.75) is 18.8 Å². The summed E-state index contributed by atoms with van der Waals surface area (Å²) in [5.41, 5.74) is 7.76. The third-order valence-electron chi connectivity index (χ3n) is 4.99. The van der Waals surface area contributed by atoms with E-state index in [1.807, 2.05) is 24.3 Å². The second kappa shape index (κ2) is 7.66. The number of nitrogens with two attached hydrogens (primary N) is 1. The van der Waals surface area contributed by atoms with Crippen molar-refractivity contribution in [3.05, 3.63) is 56.6 Å². The second-order valence-electron chi connectivity index (χ2n) is 6.66. The Morgan fingerprint density at radius 3 is 2.54 bits per heavy atom. The van der Waals surface area contributed by atoms with Crippen LogP contribution in [0.2, 0.25) is 9.36 Å². The molecular weight excluding hydrogens is 419 g/mol. The number of piperidine rings is 1. The zero-order valence-corrected chi connectivity index (χ0v) is 17.0. The van der Waals surface area contributed by atoms with E-state index in [4.69, 9.17) is 33.9 Å². The number of hydrogen-bond acceptors (Lipinski definition) is 5. The van der Waals surface area contributed by atoms with Gasteiger partial charge in [-0.2, -0.15) is 4.37 Å². The Morgan fingerprint density at radius 2 is 1.89 bits per heavy atom. The Balaban J connectivity index is 1.57. The van der Waals surface area contributed by atoms with Gasteiger partial charge < -0.3 is 10.6 Å². The normalized spacial score (nSPS) is 15.1. The third kappa shape index (κ3) is 3.45. The van der Waals surface area contributed by atoms with Gasteiger partial charge in [0.1, 0.15) is 9.36 Å². The number of para-hydroxylation sites is 1. The Kier molecular flexibility index (Phi) is 5.23. The predicted molar refractivity (Wildman–Crippen MR) is 110 cm³/mol. The highest BCUT2D eigenvalue weighted by Crippen LogP contribution is 2.34. The van der Waals surface area contributed by atoms with Crippen LogP contribution in [0.5, 0.6) is 0 Å². The molecule has 0 bridgehead atoms. The molecule has 0 unspecified atom stereocenters. The van der Waals surface area contributed by atoms with Crippen LogP contribution in [-0.2, 0) is 0 Å². The number of primary amides is 1. The SMILES string of the molecule is NC(=O)c1cc2ccccc2nc1C1CCN(C(=O)c2nsc(Cl)c2Cl)CC1. The van der Waals surface area contributed by atoms with Gasteiger partial charge in [0, 0.05) is 24.4 Å². The van der Waals surface area contributed by atoms with Gasteiger partial charge in [0.2, 0.25) is 0 Å². The number of pyridine rings is 1. The van der Waals surface area contributed by atoms with E-state index in [1.165, 1.54) is 0 Å². The zero-order chi connectivity index (χ0) is 19.8. The minimum atomic E-state index is -0.490. The molecule has 2 N–H and O–H groups in total. The largest absolute Gasteiger partial charge is 0.366 e. The van der Waals surface area contributed by atoms with Crippen molar-refractivity contribution in [3.8, 4) is 0 Å². The molecule has 3 heterocycles. The highest BCUT2D eigenvalue weighted by Gasteiger charge is 2.30. The first kappa shape index (κ1) is 19.1. The molecule has 2 amide bonds. The molecule has 9 heteroatoms. The Hall–Kier alpha value is -2.22. The number of carbonyl (C=O) groups is 2. The maximum atomic E-state index is 12.7. The summed E-state index contributed by atoms with van der Waals surface area (Å²) >= 11 is 13.0. The van der Waals surface area contributed by atoms with Crippen molar-refractivity contribution in [1.82, 2.24) is 14.3 Å². The smallest absolute Gasteiger partial charge is 0.275 e. The van der Waals surface area contributed by atoms with Gasteiger partial charge >= 0.3 is 0 Å². The van der Waals surface area contributed by atoms with Gasteiger partial charge in [0.15, 0.2) is 5.69 Å². The fraction of sp³-hybridized carbons (Fsp3) is 0.263. The molecule has 1 fully saturated rings. The fourth-order valence-corrected chi connectivity index (χ4v) is 4.52. The molecule has 4 rings (SSSR count). The molecule has 0 spiro atoms. The number of rotatable bonds is 3. The van der Waals surface area contributed by atoms with Crippen LogP contribution in [0.1, 0.15) is 45.3 Å². The lowest BCUT2D eigenvalue weighted by Crippen LogP contribution is -2.38. The number of nitrogens with zero attached hydrogens (tertiary/aromatic N) is 3. The van der Waals surface area contributed by atoms with Crippen LogP contribution in [-0.4, -0.2) is 39.2 Å². The Bertz CT molecular complexity index is 1080. The van der Waals surface area contributed by atoms with Crippen molar-refractivity contribution < 1.29 is 9.59 Å². The predicted octanol–water partition coefficient (Wildman–Crippen LogP) is 4.12. The van der Waals surface area contributed by atoms with Crippen LogP contribution in [0.4, 0.5) is 0 Å². The summed E-state index contributed by atoms with van der Waals surface area (Å²) in [6, 6.07) is 9.43. The maximum Gasteiger partial charge on any atom is 0.275 e.